The lowest BCUT2D eigenvalue weighted by Crippen LogP contribution is -2.05. The molecule has 5 rings (SSSR count). The van der Waals surface area contributed by atoms with Crippen molar-refractivity contribution >= 4 is 22.7 Å². The lowest BCUT2D eigenvalue weighted by molar-refractivity contribution is 0.414. The van der Waals surface area contributed by atoms with E-state index in [1.165, 1.54) is 0 Å². The maximum Gasteiger partial charge on any atom is 0.249 e. The lowest BCUT2D eigenvalue weighted by atomic mass is 10.1. The minimum absolute atomic E-state index is 0.364. The van der Waals surface area contributed by atoms with Gasteiger partial charge >= 0.3 is 0 Å². The molecule has 5 aromatic rings. The highest BCUT2D eigenvalue weighted by atomic mass is 16.5. The highest BCUT2D eigenvalue weighted by Crippen LogP contribution is 2.34. The second-order valence-electron chi connectivity index (χ2n) is 8.85. The maximum atomic E-state index is 9.35. The van der Waals surface area contributed by atoms with E-state index < -0.39 is 0 Å². The minimum Gasteiger partial charge on any atom is -0.497 e. The fraction of sp³-hybridized carbons (Fsp3) is 0.133. The highest BCUT2D eigenvalue weighted by molar-refractivity contribution is 5.83. The summed E-state index contributed by atoms with van der Waals surface area (Å²) in [4.78, 5) is 9.47. The third-order valence-corrected chi connectivity index (χ3v) is 6.15. The molecule has 0 radical (unpaired) electrons. The van der Waals surface area contributed by atoms with Crippen molar-refractivity contribution in [2.24, 2.45) is 0 Å². The molecule has 38 heavy (non-hydrogen) atoms. The number of nitrogens with one attached hydrogen (secondary N) is 1. The second-order valence-corrected chi connectivity index (χ2v) is 8.85. The van der Waals surface area contributed by atoms with Crippen molar-refractivity contribution in [3.63, 3.8) is 0 Å². The molecule has 0 spiro atoms. The van der Waals surface area contributed by atoms with E-state index in [0.717, 1.165) is 33.6 Å². The van der Waals surface area contributed by atoms with Gasteiger partial charge in [0.15, 0.2) is 0 Å². The number of nitrogens with zero attached hydrogens (tertiary/aromatic N) is 5. The normalized spacial score (nSPS) is 10.6. The Labute approximate surface area is 220 Å². The zero-order valence-corrected chi connectivity index (χ0v) is 21.2. The van der Waals surface area contributed by atoms with Crippen molar-refractivity contribution in [2.45, 2.75) is 20.4 Å². The molecule has 3 aromatic carbocycles. The molecule has 2 heterocycles. The number of hydrogen-bond acceptors (Lipinski definition) is 7. The van der Waals surface area contributed by atoms with Crippen LogP contribution in [0.25, 0.3) is 11.0 Å². The summed E-state index contributed by atoms with van der Waals surface area (Å²) in [5.74, 6) is 2.19. The number of fused-ring (bicyclic) bond motifs is 1. The molecule has 8 heteroatoms. The van der Waals surface area contributed by atoms with Gasteiger partial charge in [0.25, 0.3) is 0 Å². The van der Waals surface area contributed by atoms with E-state index in [9.17, 15) is 5.26 Å². The summed E-state index contributed by atoms with van der Waals surface area (Å²) in [5.41, 5.74) is 6.10. The molecule has 1 N–H and O–H groups in total. The van der Waals surface area contributed by atoms with Crippen molar-refractivity contribution in [3.8, 4) is 29.5 Å². The van der Waals surface area contributed by atoms with Crippen LogP contribution in [-0.4, -0.2) is 21.6 Å². The van der Waals surface area contributed by atoms with Gasteiger partial charge in [-0.15, -0.1) is 0 Å². The standard InChI is InChI=1S/C30H24N6O2/c1-19-14-23(17-32)15-20(2)28(19)38-29-27-26(12-13-36(27)18-22-6-10-25(37-3)11-7-22)34-30(35-29)33-24-8-4-21(16-31)5-9-24/h4-15H,18H2,1-3H3,(H,33,34,35). The molecule has 0 saturated heterocycles. The van der Waals surface area contributed by atoms with Crippen LogP contribution >= 0.6 is 0 Å². The SMILES string of the molecule is COc1ccc(Cn2ccc3nc(Nc4ccc(C#N)cc4)nc(Oc4c(C)cc(C#N)cc4C)c32)cc1. The van der Waals surface area contributed by atoms with Crippen LogP contribution in [0.15, 0.2) is 72.9 Å². The molecule has 8 nitrogen and oxygen atoms in total. The molecule has 0 aliphatic rings. The quantitative estimate of drug-likeness (QED) is 0.276. The van der Waals surface area contributed by atoms with E-state index in [1.54, 1.807) is 43.5 Å². The molecular weight excluding hydrogens is 476 g/mol. The third-order valence-electron chi connectivity index (χ3n) is 6.15. The van der Waals surface area contributed by atoms with Crippen LogP contribution in [0.3, 0.4) is 0 Å². The average Bonchev–Trinajstić information content (AvgIpc) is 3.33. The van der Waals surface area contributed by atoms with Crippen molar-refractivity contribution < 1.29 is 9.47 Å². The van der Waals surface area contributed by atoms with Gasteiger partial charge in [-0.25, -0.2) is 4.98 Å². The molecule has 0 saturated carbocycles. The van der Waals surface area contributed by atoms with Crippen molar-refractivity contribution in [3.05, 3.63) is 101 Å². The molecule has 0 bridgehead atoms. The van der Waals surface area contributed by atoms with E-state index in [0.29, 0.717) is 40.8 Å². The van der Waals surface area contributed by atoms with E-state index in [2.05, 4.69) is 17.5 Å². The van der Waals surface area contributed by atoms with Crippen LogP contribution in [0.1, 0.15) is 27.8 Å². The van der Waals surface area contributed by atoms with Gasteiger partial charge in [0.1, 0.15) is 17.0 Å². The molecule has 0 aliphatic carbocycles. The molecule has 0 aliphatic heterocycles. The van der Waals surface area contributed by atoms with Crippen molar-refractivity contribution in [1.29, 1.82) is 10.5 Å². The summed E-state index contributed by atoms with van der Waals surface area (Å²) >= 11 is 0. The number of ether oxygens (including phenoxy) is 2. The predicted molar refractivity (Wildman–Crippen MR) is 145 cm³/mol. The number of aryl methyl sites for hydroxylation is 2. The Bertz CT molecular complexity index is 1690. The third kappa shape index (κ3) is 4.97. The zero-order valence-electron chi connectivity index (χ0n) is 21.2. The van der Waals surface area contributed by atoms with Gasteiger partial charge in [0.2, 0.25) is 11.8 Å². The fourth-order valence-corrected chi connectivity index (χ4v) is 4.29. The van der Waals surface area contributed by atoms with Crippen LogP contribution in [-0.2, 0) is 6.54 Å². The van der Waals surface area contributed by atoms with E-state index in [4.69, 9.17) is 24.7 Å². The Morgan fingerprint density at radius 1 is 0.868 bits per heavy atom. The summed E-state index contributed by atoms with van der Waals surface area (Å²) in [5, 5.41) is 21.7. The van der Waals surface area contributed by atoms with Crippen LogP contribution in [0.4, 0.5) is 11.6 Å². The van der Waals surface area contributed by atoms with Gasteiger partial charge in [-0.1, -0.05) is 12.1 Å². The summed E-state index contributed by atoms with van der Waals surface area (Å²) in [6, 6.07) is 24.8. The summed E-state index contributed by atoms with van der Waals surface area (Å²) in [6.45, 7) is 4.41. The molecule has 0 amide bonds. The number of hydrogen-bond donors (Lipinski definition) is 1. The first kappa shape index (κ1) is 24.4. The summed E-state index contributed by atoms with van der Waals surface area (Å²) < 4.78 is 13.8. The Morgan fingerprint density at radius 3 is 2.18 bits per heavy atom. The van der Waals surface area contributed by atoms with Gasteiger partial charge in [-0.2, -0.15) is 15.5 Å². The maximum absolute atomic E-state index is 9.35. The molecule has 0 atom stereocenters. The summed E-state index contributed by atoms with van der Waals surface area (Å²) in [7, 11) is 1.64. The average molecular weight is 501 g/mol. The first-order valence-electron chi connectivity index (χ1n) is 11.9. The van der Waals surface area contributed by atoms with Gasteiger partial charge in [0.05, 0.1) is 35.9 Å². The Morgan fingerprint density at radius 2 is 1.55 bits per heavy atom. The van der Waals surface area contributed by atoms with Crippen LogP contribution in [0.2, 0.25) is 0 Å². The number of rotatable bonds is 7. The number of anilines is 2. The lowest BCUT2D eigenvalue weighted by Gasteiger charge is -2.15. The number of aromatic nitrogens is 3. The van der Waals surface area contributed by atoms with Gasteiger partial charge in [-0.3, -0.25) is 0 Å². The minimum atomic E-state index is 0.364. The second kappa shape index (κ2) is 10.3. The monoisotopic (exact) mass is 500 g/mol. The highest BCUT2D eigenvalue weighted by Gasteiger charge is 2.18. The predicted octanol–water partition coefficient (Wildman–Crippen LogP) is 6.38. The van der Waals surface area contributed by atoms with Crippen LogP contribution in [0, 0.1) is 36.5 Å². The van der Waals surface area contributed by atoms with Crippen molar-refractivity contribution in [1.82, 2.24) is 14.5 Å². The van der Waals surface area contributed by atoms with Gasteiger partial charge in [-0.05, 0) is 85.1 Å². The van der Waals surface area contributed by atoms with Crippen molar-refractivity contribution in [2.75, 3.05) is 12.4 Å². The zero-order chi connectivity index (χ0) is 26.6. The van der Waals surface area contributed by atoms with Gasteiger partial charge in [0, 0.05) is 18.4 Å². The largest absolute Gasteiger partial charge is 0.497 e. The van der Waals surface area contributed by atoms with E-state index in [1.807, 2.05) is 54.9 Å². The summed E-state index contributed by atoms with van der Waals surface area (Å²) in [6.07, 6.45) is 1.96. The topological polar surface area (TPSA) is 109 Å². The van der Waals surface area contributed by atoms with Gasteiger partial charge < -0.3 is 19.4 Å². The van der Waals surface area contributed by atoms with Crippen LogP contribution in [0.5, 0.6) is 17.4 Å². The number of methoxy groups -OCH3 is 1. The molecule has 0 fully saturated rings. The number of benzene rings is 3. The van der Waals surface area contributed by atoms with E-state index >= 15 is 0 Å². The Kier molecular flexibility index (Phi) is 6.63. The first-order chi connectivity index (χ1) is 18.5. The molecule has 2 aromatic heterocycles. The van der Waals surface area contributed by atoms with Crippen LogP contribution < -0.4 is 14.8 Å². The van der Waals surface area contributed by atoms with E-state index in [-0.39, 0.29) is 0 Å². The number of nitriles is 2. The fourth-order valence-electron chi connectivity index (χ4n) is 4.29. The Hall–Kier alpha value is -5.34. The smallest absolute Gasteiger partial charge is 0.249 e. The molecule has 0 unspecified atom stereocenters. The Balaban J connectivity index is 1.58. The first-order valence-corrected chi connectivity index (χ1v) is 11.9. The molecule has 186 valence electrons. The molecular formula is C30H24N6O2.